The third kappa shape index (κ3) is 7.23. The SMILES string of the molecule is CCCOC(=O)CC[C@H](N)C(=O)OCCC. The molecule has 0 bridgehead atoms. The molecule has 0 amide bonds. The zero-order valence-electron chi connectivity index (χ0n) is 10.0. The highest BCUT2D eigenvalue weighted by Crippen LogP contribution is 2.00. The summed E-state index contributed by atoms with van der Waals surface area (Å²) in [4.78, 5) is 22.3. The minimum atomic E-state index is -0.735. The van der Waals surface area contributed by atoms with E-state index in [0.717, 1.165) is 12.8 Å². The van der Waals surface area contributed by atoms with Crippen molar-refractivity contribution in [1.29, 1.82) is 0 Å². The maximum absolute atomic E-state index is 11.2. The Morgan fingerprint density at radius 3 is 2.25 bits per heavy atom. The molecule has 0 saturated heterocycles. The second kappa shape index (κ2) is 9.15. The minimum absolute atomic E-state index is 0.155. The van der Waals surface area contributed by atoms with Gasteiger partial charge in [-0.2, -0.15) is 0 Å². The van der Waals surface area contributed by atoms with Gasteiger partial charge in [0.05, 0.1) is 13.2 Å². The van der Waals surface area contributed by atoms with Crippen LogP contribution in [0.25, 0.3) is 0 Å². The summed E-state index contributed by atoms with van der Waals surface area (Å²) in [6.07, 6.45) is 1.97. The predicted octanol–water partition coefficient (Wildman–Crippen LogP) is 1.00. The number of carbonyl (C=O) groups excluding carboxylic acids is 2. The van der Waals surface area contributed by atoms with E-state index in [1.54, 1.807) is 0 Å². The first-order valence-corrected chi connectivity index (χ1v) is 5.69. The van der Waals surface area contributed by atoms with Crippen LogP contribution in [0.15, 0.2) is 0 Å². The second-order valence-electron chi connectivity index (χ2n) is 3.53. The number of ether oxygens (including phenoxy) is 2. The van der Waals surface area contributed by atoms with E-state index in [2.05, 4.69) is 0 Å². The molecule has 5 heteroatoms. The molecule has 0 rings (SSSR count). The minimum Gasteiger partial charge on any atom is -0.466 e. The van der Waals surface area contributed by atoms with E-state index in [4.69, 9.17) is 15.2 Å². The van der Waals surface area contributed by atoms with E-state index in [1.165, 1.54) is 0 Å². The molecule has 0 aliphatic carbocycles. The van der Waals surface area contributed by atoms with Gasteiger partial charge < -0.3 is 15.2 Å². The number of carbonyl (C=O) groups is 2. The van der Waals surface area contributed by atoms with Gasteiger partial charge in [0.1, 0.15) is 6.04 Å². The third-order valence-electron chi connectivity index (χ3n) is 1.88. The average Bonchev–Trinajstić information content (AvgIpc) is 2.30. The summed E-state index contributed by atoms with van der Waals surface area (Å²) in [5.41, 5.74) is 5.55. The number of rotatable bonds is 8. The first-order valence-electron chi connectivity index (χ1n) is 5.69. The zero-order valence-corrected chi connectivity index (χ0v) is 10.0. The molecule has 0 heterocycles. The maximum Gasteiger partial charge on any atom is 0.322 e. The van der Waals surface area contributed by atoms with Crippen LogP contribution in [0.5, 0.6) is 0 Å². The van der Waals surface area contributed by atoms with Crippen LogP contribution in [0, 0.1) is 0 Å². The van der Waals surface area contributed by atoms with Crippen molar-refractivity contribution in [3.63, 3.8) is 0 Å². The molecular formula is C11H21NO4. The molecule has 0 radical (unpaired) electrons. The highest BCUT2D eigenvalue weighted by molar-refractivity contribution is 5.77. The average molecular weight is 231 g/mol. The molecule has 0 aromatic rings. The predicted molar refractivity (Wildman–Crippen MR) is 59.7 cm³/mol. The van der Waals surface area contributed by atoms with Gasteiger partial charge in [-0.05, 0) is 19.3 Å². The van der Waals surface area contributed by atoms with E-state index in [0.29, 0.717) is 13.2 Å². The van der Waals surface area contributed by atoms with Crippen molar-refractivity contribution in [2.45, 2.75) is 45.6 Å². The van der Waals surface area contributed by atoms with Gasteiger partial charge >= 0.3 is 11.9 Å². The molecule has 0 saturated carbocycles. The van der Waals surface area contributed by atoms with E-state index in [1.807, 2.05) is 13.8 Å². The Kier molecular flexibility index (Phi) is 8.52. The quantitative estimate of drug-likeness (QED) is 0.630. The number of nitrogens with two attached hydrogens (primary N) is 1. The van der Waals surface area contributed by atoms with Crippen LogP contribution in [0.4, 0.5) is 0 Å². The Morgan fingerprint density at radius 2 is 1.69 bits per heavy atom. The first-order chi connectivity index (χ1) is 7.61. The normalized spacial score (nSPS) is 11.9. The Morgan fingerprint density at radius 1 is 1.12 bits per heavy atom. The molecule has 0 fully saturated rings. The summed E-state index contributed by atoms with van der Waals surface area (Å²) in [6, 6.07) is -0.735. The van der Waals surface area contributed by atoms with Gasteiger partial charge in [-0.25, -0.2) is 0 Å². The van der Waals surface area contributed by atoms with Crippen molar-refractivity contribution in [3.8, 4) is 0 Å². The summed E-state index contributed by atoms with van der Waals surface area (Å²) in [7, 11) is 0. The lowest BCUT2D eigenvalue weighted by Gasteiger charge is -2.10. The fourth-order valence-electron chi connectivity index (χ4n) is 0.989. The molecule has 5 nitrogen and oxygen atoms in total. The van der Waals surface area contributed by atoms with Gasteiger partial charge in [-0.1, -0.05) is 13.8 Å². The van der Waals surface area contributed by atoms with E-state index in [-0.39, 0.29) is 18.8 Å². The second-order valence-corrected chi connectivity index (χ2v) is 3.53. The van der Waals surface area contributed by atoms with Crippen LogP contribution in [-0.4, -0.2) is 31.2 Å². The van der Waals surface area contributed by atoms with Gasteiger partial charge in [0.25, 0.3) is 0 Å². The van der Waals surface area contributed by atoms with Gasteiger partial charge in [0, 0.05) is 6.42 Å². The van der Waals surface area contributed by atoms with E-state index in [9.17, 15) is 9.59 Å². The van der Waals surface area contributed by atoms with E-state index >= 15 is 0 Å². The van der Waals surface area contributed by atoms with Crippen molar-refractivity contribution in [3.05, 3.63) is 0 Å². The summed E-state index contributed by atoms with van der Waals surface area (Å²) >= 11 is 0. The highest BCUT2D eigenvalue weighted by Gasteiger charge is 2.16. The van der Waals surface area contributed by atoms with Crippen molar-refractivity contribution < 1.29 is 19.1 Å². The lowest BCUT2D eigenvalue weighted by atomic mass is 10.2. The molecule has 0 aliphatic heterocycles. The Labute approximate surface area is 96.3 Å². The molecule has 0 aliphatic rings. The largest absolute Gasteiger partial charge is 0.466 e. The topological polar surface area (TPSA) is 78.6 Å². The van der Waals surface area contributed by atoms with Crippen LogP contribution in [0.3, 0.4) is 0 Å². The lowest BCUT2D eigenvalue weighted by molar-refractivity contribution is -0.146. The van der Waals surface area contributed by atoms with Gasteiger partial charge in [-0.3, -0.25) is 9.59 Å². The fourth-order valence-corrected chi connectivity index (χ4v) is 0.989. The monoisotopic (exact) mass is 231 g/mol. The lowest BCUT2D eigenvalue weighted by Crippen LogP contribution is -2.33. The molecular weight excluding hydrogens is 210 g/mol. The molecule has 2 N–H and O–H groups in total. The Bertz CT molecular complexity index is 218. The van der Waals surface area contributed by atoms with Crippen LogP contribution < -0.4 is 5.73 Å². The van der Waals surface area contributed by atoms with Crippen molar-refractivity contribution in [1.82, 2.24) is 0 Å². The molecule has 1 atom stereocenters. The zero-order chi connectivity index (χ0) is 12.4. The molecule has 0 aromatic heterocycles. The number of hydrogen-bond acceptors (Lipinski definition) is 5. The van der Waals surface area contributed by atoms with Crippen LogP contribution in [0.1, 0.15) is 39.5 Å². The van der Waals surface area contributed by atoms with Crippen LogP contribution in [0.2, 0.25) is 0 Å². The smallest absolute Gasteiger partial charge is 0.322 e. The summed E-state index contributed by atoms with van der Waals surface area (Å²) < 4.78 is 9.71. The molecule has 0 unspecified atom stereocenters. The third-order valence-corrected chi connectivity index (χ3v) is 1.88. The standard InChI is InChI=1S/C11H21NO4/c1-3-7-15-10(13)6-5-9(12)11(14)16-8-4-2/h9H,3-8,12H2,1-2H3/t9-/m0/s1. The maximum atomic E-state index is 11.2. The Hall–Kier alpha value is -1.10. The van der Waals surface area contributed by atoms with Gasteiger partial charge in [-0.15, -0.1) is 0 Å². The first kappa shape index (κ1) is 14.9. The summed E-state index contributed by atoms with van der Waals surface area (Å²) in [6.45, 7) is 4.60. The van der Waals surface area contributed by atoms with Gasteiger partial charge in [0.15, 0.2) is 0 Å². The molecule has 16 heavy (non-hydrogen) atoms. The molecule has 94 valence electrons. The van der Waals surface area contributed by atoms with E-state index < -0.39 is 12.0 Å². The highest BCUT2D eigenvalue weighted by atomic mass is 16.5. The Balaban J connectivity index is 3.66. The van der Waals surface area contributed by atoms with Crippen molar-refractivity contribution in [2.75, 3.05) is 13.2 Å². The van der Waals surface area contributed by atoms with Crippen LogP contribution >= 0.6 is 0 Å². The fraction of sp³-hybridized carbons (Fsp3) is 0.818. The number of hydrogen-bond donors (Lipinski definition) is 1. The van der Waals surface area contributed by atoms with Gasteiger partial charge in [0.2, 0.25) is 0 Å². The number of esters is 2. The summed E-state index contributed by atoms with van der Waals surface area (Å²) in [5.74, 6) is -0.772. The van der Waals surface area contributed by atoms with Crippen LogP contribution in [-0.2, 0) is 19.1 Å². The summed E-state index contributed by atoms with van der Waals surface area (Å²) in [5, 5.41) is 0. The van der Waals surface area contributed by atoms with Crippen molar-refractivity contribution >= 4 is 11.9 Å². The van der Waals surface area contributed by atoms with Crippen molar-refractivity contribution in [2.24, 2.45) is 5.73 Å². The molecule has 0 spiro atoms. The molecule has 0 aromatic carbocycles.